The second-order valence-electron chi connectivity index (χ2n) is 10.9. The molecule has 10 heteroatoms. The molecule has 1 fully saturated rings. The second kappa shape index (κ2) is 13.9. The predicted molar refractivity (Wildman–Crippen MR) is 168 cm³/mol. The van der Waals surface area contributed by atoms with E-state index in [0.29, 0.717) is 0 Å². The molecular weight excluding hydrogens is 593 g/mol. The summed E-state index contributed by atoms with van der Waals surface area (Å²) >= 11 is 12.8. The first kappa shape index (κ1) is 31.9. The quantitative estimate of drug-likeness (QED) is 0.271. The lowest BCUT2D eigenvalue weighted by Crippen LogP contribution is -2.53. The molecule has 3 aromatic rings. The molecule has 0 saturated heterocycles. The van der Waals surface area contributed by atoms with E-state index in [1.807, 2.05) is 38.1 Å². The average Bonchev–Trinajstić information content (AvgIpc) is 2.97. The summed E-state index contributed by atoms with van der Waals surface area (Å²) in [6.07, 6.45) is 5.06. The van der Waals surface area contributed by atoms with Gasteiger partial charge in [0.05, 0.1) is 20.6 Å². The van der Waals surface area contributed by atoms with E-state index in [1.165, 1.54) is 23.1 Å². The van der Waals surface area contributed by atoms with Crippen molar-refractivity contribution in [2.45, 2.75) is 76.4 Å². The maximum Gasteiger partial charge on any atom is 0.264 e. The van der Waals surface area contributed by atoms with Crippen molar-refractivity contribution in [3.8, 4) is 0 Å². The molecule has 0 aromatic heterocycles. The highest BCUT2D eigenvalue weighted by Gasteiger charge is 2.34. The standard InChI is InChI=1S/C32H37Cl2N3O4S/c1-22-16-18-27(19-17-22)42(40,41)37(29-15-9-14-28(33)31(29)34)21-30(38)36(20-25-11-8-7-10-23(25)2)24(3)32(39)35-26-12-5-4-6-13-26/h7-11,14-19,24,26H,4-6,12-13,20-21H2,1-3H3,(H,35,39). The molecule has 0 bridgehead atoms. The number of anilines is 1. The molecule has 0 aliphatic heterocycles. The SMILES string of the molecule is Cc1ccc(S(=O)(=O)N(CC(=O)N(Cc2ccccc2C)C(C)C(=O)NC2CCCCC2)c2cccc(Cl)c2Cl)cc1. The van der Waals surface area contributed by atoms with Crippen molar-refractivity contribution in [2.24, 2.45) is 0 Å². The molecule has 0 heterocycles. The number of aryl methyl sites for hydroxylation is 2. The minimum atomic E-state index is -4.25. The zero-order chi connectivity index (χ0) is 30.4. The summed E-state index contributed by atoms with van der Waals surface area (Å²) in [6.45, 7) is 5.02. The Balaban J connectivity index is 1.72. The van der Waals surface area contributed by atoms with Gasteiger partial charge in [-0.3, -0.25) is 13.9 Å². The van der Waals surface area contributed by atoms with E-state index >= 15 is 0 Å². The van der Waals surface area contributed by atoms with Crippen LogP contribution in [0, 0.1) is 13.8 Å². The molecule has 1 aliphatic rings. The summed E-state index contributed by atoms with van der Waals surface area (Å²) in [5.41, 5.74) is 2.78. The van der Waals surface area contributed by atoms with Gasteiger partial charge in [0.2, 0.25) is 11.8 Å². The Kier molecular flexibility index (Phi) is 10.6. The maximum absolute atomic E-state index is 14.2. The van der Waals surface area contributed by atoms with Crippen LogP contribution in [0.1, 0.15) is 55.7 Å². The number of nitrogens with zero attached hydrogens (tertiary/aromatic N) is 2. The molecule has 0 radical (unpaired) electrons. The molecule has 1 unspecified atom stereocenters. The van der Waals surface area contributed by atoms with Gasteiger partial charge < -0.3 is 10.2 Å². The van der Waals surface area contributed by atoms with E-state index in [-0.39, 0.29) is 39.1 Å². The summed E-state index contributed by atoms with van der Waals surface area (Å²) in [6, 6.07) is 17.8. The largest absolute Gasteiger partial charge is 0.352 e. The number of nitrogens with one attached hydrogen (secondary N) is 1. The highest BCUT2D eigenvalue weighted by atomic mass is 35.5. The zero-order valence-electron chi connectivity index (χ0n) is 24.1. The monoisotopic (exact) mass is 629 g/mol. The topological polar surface area (TPSA) is 86.8 Å². The van der Waals surface area contributed by atoms with Gasteiger partial charge in [0.15, 0.2) is 0 Å². The van der Waals surface area contributed by atoms with Crippen LogP contribution in [-0.2, 0) is 26.2 Å². The van der Waals surface area contributed by atoms with Gasteiger partial charge in [-0.25, -0.2) is 8.42 Å². The normalized spacial score (nSPS) is 14.7. The third-order valence-corrected chi connectivity index (χ3v) is 10.4. The van der Waals surface area contributed by atoms with Gasteiger partial charge >= 0.3 is 0 Å². The van der Waals surface area contributed by atoms with Crippen LogP contribution in [0.25, 0.3) is 0 Å². The Hall–Kier alpha value is -3.07. The van der Waals surface area contributed by atoms with Crippen LogP contribution in [0.4, 0.5) is 5.69 Å². The van der Waals surface area contributed by atoms with Crippen molar-refractivity contribution < 1.29 is 18.0 Å². The third-order valence-electron chi connectivity index (χ3n) is 7.81. The molecule has 4 rings (SSSR count). The minimum Gasteiger partial charge on any atom is -0.352 e. The molecule has 2 amide bonds. The second-order valence-corrected chi connectivity index (χ2v) is 13.5. The van der Waals surface area contributed by atoms with Crippen molar-refractivity contribution >= 4 is 50.7 Å². The number of halogens is 2. The van der Waals surface area contributed by atoms with Crippen LogP contribution in [0.5, 0.6) is 0 Å². The molecule has 3 aromatic carbocycles. The van der Waals surface area contributed by atoms with E-state index < -0.39 is 28.5 Å². The fourth-order valence-electron chi connectivity index (χ4n) is 5.16. The van der Waals surface area contributed by atoms with Gasteiger partial charge in [-0.2, -0.15) is 0 Å². The van der Waals surface area contributed by atoms with Crippen LogP contribution in [0.3, 0.4) is 0 Å². The highest BCUT2D eigenvalue weighted by molar-refractivity contribution is 7.92. The summed E-state index contributed by atoms with van der Waals surface area (Å²) in [7, 11) is -4.25. The Morgan fingerprint density at radius 2 is 1.60 bits per heavy atom. The molecule has 1 saturated carbocycles. The molecule has 1 atom stereocenters. The number of amides is 2. The lowest BCUT2D eigenvalue weighted by Gasteiger charge is -2.33. The maximum atomic E-state index is 14.2. The first-order chi connectivity index (χ1) is 20.0. The smallest absolute Gasteiger partial charge is 0.264 e. The van der Waals surface area contributed by atoms with Crippen LogP contribution in [0.2, 0.25) is 10.0 Å². The van der Waals surface area contributed by atoms with Gasteiger partial charge in [-0.05, 0) is 69.0 Å². The number of rotatable bonds is 10. The van der Waals surface area contributed by atoms with Crippen molar-refractivity contribution in [1.29, 1.82) is 0 Å². The van der Waals surface area contributed by atoms with Gasteiger partial charge in [0.1, 0.15) is 12.6 Å². The number of hydrogen-bond donors (Lipinski definition) is 1. The summed E-state index contributed by atoms with van der Waals surface area (Å²) in [5, 5.41) is 3.28. The molecule has 1 N–H and O–H groups in total. The molecule has 1 aliphatic carbocycles. The fraction of sp³-hybridized carbons (Fsp3) is 0.375. The van der Waals surface area contributed by atoms with Crippen molar-refractivity contribution in [2.75, 3.05) is 10.8 Å². The third kappa shape index (κ3) is 7.46. The van der Waals surface area contributed by atoms with Gasteiger partial charge in [-0.15, -0.1) is 0 Å². The highest BCUT2D eigenvalue weighted by Crippen LogP contribution is 2.35. The predicted octanol–water partition coefficient (Wildman–Crippen LogP) is 6.67. The minimum absolute atomic E-state index is 0.00508. The van der Waals surface area contributed by atoms with Crippen LogP contribution in [-0.4, -0.2) is 43.8 Å². The van der Waals surface area contributed by atoms with E-state index in [1.54, 1.807) is 31.2 Å². The lowest BCUT2D eigenvalue weighted by atomic mass is 9.95. The summed E-state index contributed by atoms with van der Waals surface area (Å²) < 4.78 is 29.0. The molecule has 42 heavy (non-hydrogen) atoms. The van der Waals surface area contributed by atoms with Crippen LogP contribution < -0.4 is 9.62 Å². The first-order valence-corrected chi connectivity index (χ1v) is 16.4. The van der Waals surface area contributed by atoms with E-state index in [4.69, 9.17) is 23.2 Å². The number of carbonyl (C=O) groups excluding carboxylic acids is 2. The van der Waals surface area contributed by atoms with E-state index in [9.17, 15) is 18.0 Å². The number of benzene rings is 3. The fourth-order valence-corrected chi connectivity index (χ4v) is 7.03. The summed E-state index contributed by atoms with van der Waals surface area (Å²) in [4.78, 5) is 29.1. The molecule has 0 spiro atoms. The first-order valence-electron chi connectivity index (χ1n) is 14.2. The molecular formula is C32H37Cl2N3O4S. The van der Waals surface area contributed by atoms with E-state index in [0.717, 1.165) is 53.1 Å². The Labute approximate surface area is 258 Å². The Morgan fingerprint density at radius 3 is 2.26 bits per heavy atom. The van der Waals surface area contributed by atoms with Crippen LogP contribution >= 0.6 is 23.2 Å². The average molecular weight is 631 g/mol. The Morgan fingerprint density at radius 1 is 0.929 bits per heavy atom. The van der Waals surface area contributed by atoms with Crippen LogP contribution in [0.15, 0.2) is 71.6 Å². The lowest BCUT2D eigenvalue weighted by molar-refractivity contribution is -0.139. The van der Waals surface area contributed by atoms with Crippen molar-refractivity contribution in [1.82, 2.24) is 10.2 Å². The summed E-state index contributed by atoms with van der Waals surface area (Å²) in [5.74, 6) is -0.811. The Bertz CT molecular complexity index is 1520. The van der Waals surface area contributed by atoms with Crippen molar-refractivity contribution in [3.05, 3.63) is 93.5 Å². The molecule has 224 valence electrons. The van der Waals surface area contributed by atoms with Crippen molar-refractivity contribution in [3.63, 3.8) is 0 Å². The van der Waals surface area contributed by atoms with Gasteiger partial charge in [0.25, 0.3) is 10.0 Å². The number of sulfonamides is 1. The van der Waals surface area contributed by atoms with Gasteiger partial charge in [0, 0.05) is 12.6 Å². The zero-order valence-corrected chi connectivity index (χ0v) is 26.5. The molecule has 7 nitrogen and oxygen atoms in total. The number of hydrogen-bond acceptors (Lipinski definition) is 4. The van der Waals surface area contributed by atoms with E-state index in [2.05, 4.69) is 5.32 Å². The number of carbonyl (C=O) groups is 2. The van der Waals surface area contributed by atoms with Gasteiger partial charge in [-0.1, -0.05) is 90.5 Å².